The maximum Gasteiger partial charge on any atom is 0.307 e. The van der Waals surface area contributed by atoms with Crippen LogP contribution in [0.3, 0.4) is 0 Å². The predicted octanol–water partition coefficient (Wildman–Crippen LogP) is 4.94. The van der Waals surface area contributed by atoms with Gasteiger partial charge in [-0.25, -0.2) is 4.39 Å². The van der Waals surface area contributed by atoms with Crippen molar-refractivity contribution in [2.45, 2.75) is 66.0 Å². The Hall–Kier alpha value is -2.79. The Morgan fingerprint density at radius 3 is 2.60 bits per heavy atom. The summed E-state index contributed by atoms with van der Waals surface area (Å²) in [7, 11) is 2.69. The van der Waals surface area contributed by atoms with Gasteiger partial charge in [-0.1, -0.05) is 13.8 Å². The van der Waals surface area contributed by atoms with E-state index >= 15 is 4.39 Å². The van der Waals surface area contributed by atoms with Crippen LogP contribution in [0.25, 0.3) is 17.2 Å². The quantitative estimate of drug-likeness (QED) is 0.415. The number of rotatable bonds is 7. The average molecular weight is 501 g/mol. The number of aliphatic carboxylic acids is 1. The molecule has 0 radical (unpaired) electrons. The standard InChI is InChI=1S/C27H34FN2O4P/c1-14(26(33)29-13-27(5,6)35)10-20-16(3)30-17(4)21(12-23(31)32)24(20)19-11-22(28)25-18(15(19)2)8-7-9-34-25/h10-11H,7-9,12-13,35H2,1-6H3,(H,29,33)(H,31,32)/b14-10+. The summed E-state index contributed by atoms with van der Waals surface area (Å²) < 4.78 is 20.8. The van der Waals surface area contributed by atoms with E-state index in [-0.39, 0.29) is 23.2 Å². The van der Waals surface area contributed by atoms with E-state index < -0.39 is 11.8 Å². The molecular weight excluding hydrogens is 466 g/mol. The maximum atomic E-state index is 15.2. The van der Waals surface area contributed by atoms with E-state index in [9.17, 15) is 14.7 Å². The zero-order valence-electron chi connectivity index (χ0n) is 21.3. The van der Waals surface area contributed by atoms with Gasteiger partial charge in [0.1, 0.15) is 0 Å². The molecule has 0 saturated heterocycles. The van der Waals surface area contributed by atoms with Crippen LogP contribution < -0.4 is 10.1 Å². The summed E-state index contributed by atoms with van der Waals surface area (Å²) in [5, 5.41) is 12.4. The first-order chi connectivity index (χ1) is 16.3. The highest BCUT2D eigenvalue weighted by Crippen LogP contribution is 2.41. The van der Waals surface area contributed by atoms with Crippen molar-refractivity contribution in [2.24, 2.45) is 0 Å². The van der Waals surface area contributed by atoms with Crippen LogP contribution in [0.1, 0.15) is 60.8 Å². The van der Waals surface area contributed by atoms with Crippen molar-refractivity contribution in [1.29, 1.82) is 0 Å². The topological polar surface area (TPSA) is 88.5 Å². The first-order valence-electron chi connectivity index (χ1n) is 11.7. The molecule has 8 heteroatoms. The van der Waals surface area contributed by atoms with Crippen molar-refractivity contribution in [3.05, 3.63) is 51.1 Å². The molecule has 1 unspecified atom stereocenters. The van der Waals surface area contributed by atoms with E-state index in [2.05, 4.69) is 19.5 Å². The Kier molecular flexibility index (Phi) is 8.00. The zero-order chi connectivity index (χ0) is 26.1. The van der Waals surface area contributed by atoms with Gasteiger partial charge in [0.15, 0.2) is 11.6 Å². The Morgan fingerprint density at radius 1 is 1.29 bits per heavy atom. The van der Waals surface area contributed by atoms with Crippen LogP contribution in [-0.4, -0.2) is 40.3 Å². The van der Waals surface area contributed by atoms with Crippen LogP contribution in [0.5, 0.6) is 5.75 Å². The SMILES string of the molecule is C/C(=C\c1c(C)nc(C)c(CC(=O)O)c1-c1cc(F)c2c(c1C)CCCO2)C(=O)NCC(C)(C)P. The number of fused-ring (bicyclic) bond motifs is 1. The molecule has 0 fully saturated rings. The van der Waals surface area contributed by atoms with Crippen LogP contribution >= 0.6 is 9.24 Å². The van der Waals surface area contributed by atoms with Crippen LogP contribution in [0, 0.1) is 26.6 Å². The van der Waals surface area contributed by atoms with Gasteiger partial charge in [-0.2, -0.15) is 0 Å². The Balaban J connectivity index is 2.27. The fourth-order valence-corrected chi connectivity index (χ4v) is 4.50. The number of hydrogen-bond donors (Lipinski definition) is 2. The van der Waals surface area contributed by atoms with E-state index in [0.29, 0.717) is 58.8 Å². The van der Waals surface area contributed by atoms with Crippen molar-refractivity contribution in [3.63, 3.8) is 0 Å². The molecule has 35 heavy (non-hydrogen) atoms. The molecule has 1 amide bonds. The number of hydrogen-bond acceptors (Lipinski definition) is 4. The molecule has 0 saturated carbocycles. The monoisotopic (exact) mass is 500 g/mol. The number of aromatic nitrogens is 1. The number of carbonyl (C=O) groups excluding carboxylic acids is 1. The van der Waals surface area contributed by atoms with E-state index in [0.717, 1.165) is 17.5 Å². The first-order valence-corrected chi connectivity index (χ1v) is 12.3. The molecule has 2 aromatic rings. The second kappa shape index (κ2) is 10.4. The summed E-state index contributed by atoms with van der Waals surface area (Å²) in [4.78, 5) is 29.2. The lowest BCUT2D eigenvalue weighted by atomic mass is 9.85. The average Bonchev–Trinajstić information content (AvgIpc) is 2.77. The highest BCUT2D eigenvalue weighted by molar-refractivity contribution is 7.18. The fourth-order valence-electron chi connectivity index (χ4n) is 4.40. The molecule has 188 valence electrons. The van der Waals surface area contributed by atoms with Crippen molar-refractivity contribution < 1.29 is 23.8 Å². The van der Waals surface area contributed by atoms with E-state index in [4.69, 9.17) is 4.74 Å². The molecule has 3 rings (SSSR count). The number of pyridine rings is 1. The normalized spacial score (nSPS) is 13.8. The van der Waals surface area contributed by atoms with Gasteiger partial charge in [0.2, 0.25) is 5.91 Å². The minimum Gasteiger partial charge on any atom is -0.490 e. The molecule has 0 aliphatic carbocycles. The number of ether oxygens (including phenoxy) is 1. The molecule has 6 nitrogen and oxygen atoms in total. The second-order valence-corrected chi connectivity index (χ2v) is 11.5. The Morgan fingerprint density at radius 2 is 1.97 bits per heavy atom. The number of nitrogens with zero attached hydrogens (tertiary/aromatic N) is 1. The number of carboxylic acids is 1. The summed E-state index contributed by atoms with van der Waals surface area (Å²) in [5.41, 5.74) is 5.62. The number of nitrogens with one attached hydrogen (secondary N) is 1. The fraction of sp³-hybridized carbons (Fsp3) is 0.444. The van der Waals surface area contributed by atoms with Crippen molar-refractivity contribution >= 4 is 27.2 Å². The van der Waals surface area contributed by atoms with Gasteiger partial charge in [0, 0.05) is 34.6 Å². The highest BCUT2D eigenvalue weighted by atomic mass is 31.0. The van der Waals surface area contributed by atoms with Gasteiger partial charge >= 0.3 is 5.97 Å². The number of amides is 1. The molecule has 1 aromatic carbocycles. The van der Waals surface area contributed by atoms with E-state index in [1.54, 1.807) is 19.9 Å². The van der Waals surface area contributed by atoms with Gasteiger partial charge in [-0.15, -0.1) is 9.24 Å². The number of carboxylic acid groups (broad SMARTS) is 1. The number of carbonyl (C=O) groups is 2. The van der Waals surface area contributed by atoms with Gasteiger partial charge in [-0.05, 0) is 80.1 Å². The maximum absolute atomic E-state index is 15.2. The minimum absolute atomic E-state index is 0.156. The number of aryl methyl sites for hydroxylation is 2. The lowest BCUT2D eigenvalue weighted by Crippen LogP contribution is -2.34. The third-order valence-corrected chi connectivity index (χ3v) is 6.39. The summed E-state index contributed by atoms with van der Waals surface area (Å²) in [6.45, 7) is 12.1. The molecule has 1 aliphatic rings. The van der Waals surface area contributed by atoms with Gasteiger partial charge in [0.05, 0.1) is 13.0 Å². The zero-order valence-corrected chi connectivity index (χ0v) is 22.4. The van der Waals surface area contributed by atoms with Crippen LogP contribution in [0.4, 0.5) is 4.39 Å². The Labute approximate surface area is 208 Å². The third kappa shape index (κ3) is 6.07. The molecule has 2 N–H and O–H groups in total. The first kappa shape index (κ1) is 26.8. The van der Waals surface area contributed by atoms with Crippen LogP contribution in [0.15, 0.2) is 11.6 Å². The predicted molar refractivity (Wildman–Crippen MR) is 139 cm³/mol. The number of benzene rings is 1. The molecule has 0 bridgehead atoms. The highest BCUT2D eigenvalue weighted by Gasteiger charge is 2.26. The lowest BCUT2D eigenvalue weighted by Gasteiger charge is -2.24. The van der Waals surface area contributed by atoms with Crippen molar-refractivity contribution in [1.82, 2.24) is 10.3 Å². The number of halogens is 1. The molecule has 1 atom stereocenters. The van der Waals surface area contributed by atoms with Gasteiger partial charge in [-0.3, -0.25) is 14.6 Å². The van der Waals surface area contributed by atoms with Crippen molar-refractivity contribution in [3.8, 4) is 16.9 Å². The molecule has 2 heterocycles. The molecule has 1 aromatic heterocycles. The van der Waals surface area contributed by atoms with Crippen molar-refractivity contribution in [2.75, 3.05) is 13.2 Å². The summed E-state index contributed by atoms with van der Waals surface area (Å²) in [6, 6.07) is 1.42. The summed E-state index contributed by atoms with van der Waals surface area (Å²) >= 11 is 0. The van der Waals surface area contributed by atoms with Gasteiger partial charge < -0.3 is 15.2 Å². The summed E-state index contributed by atoms with van der Waals surface area (Å²) in [5.74, 6) is -1.44. The Bertz CT molecular complexity index is 1220. The van der Waals surface area contributed by atoms with Gasteiger partial charge in [0.25, 0.3) is 0 Å². The molecule has 1 aliphatic heterocycles. The van der Waals surface area contributed by atoms with Crippen LogP contribution in [-0.2, 0) is 22.4 Å². The van der Waals surface area contributed by atoms with E-state index in [1.807, 2.05) is 27.7 Å². The lowest BCUT2D eigenvalue weighted by molar-refractivity contribution is -0.136. The molecule has 0 spiro atoms. The second-order valence-electron chi connectivity index (χ2n) is 9.91. The van der Waals surface area contributed by atoms with Crippen LogP contribution in [0.2, 0.25) is 0 Å². The smallest absolute Gasteiger partial charge is 0.307 e. The molecular formula is C27H34FN2O4P. The summed E-state index contributed by atoms with van der Waals surface area (Å²) in [6.07, 6.45) is 2.92. The largest absolute Gasteiger partial charge is 0.490 e. The minimum atomic E-state index is -1.01. The third-order valence-electron chi connectivity index (χ3n) is 6.19. The van der Waals surface area contributed by atoms with E-state index in [1.165, 1.54) is 6.07 Å².